The van der Waals surface area contributed by atoms with Crippen LogP contribution in [0.5, 0.6) is 0 Å². The van der Waals surface area contributed by atoms with Gasteiger partial charge >= 0.3 is 0 Å². The van der Waals surface area contributed by atoms with Gasteiger partial charge in [0.05, 0.1) is 13.2 Å². The third-order valence-corrected chi connectivity index (χ3v) is 4.13. The van der Waals surface area contributed by atoms with Crippen LogP contribution in [0.15, 0.2) is 4.99 Å². The van der Waals surface area contributed by atoms with Crippen molar-refractivity contribution in [3.05, 3.63) is 0 Å². The maximum atomic E-state index is 5.70. The molecule has 0 aromatic carbocycles. The van der Waals surface area contributed by atoms with Gasteiger partial charge in [-0.05, 0) is 32.6 Å². The Kier molecular flexibility index (Phi) is 7.89. The highest BCUT2D eigenvalue weighted by Gasteiger charge is 2.16. The molecular weight excluding hydrogens is 266 g/mol. The molecule has 21 heavy (non-hydrogen) atoms. The predicted octanol–water partition coefficient (Wildman–Crippen LogP) is 1.93. The SMILES string of the molecule is CCNC(=NCCCOCC1CCOC1)NC1CCCC1. The fourth-order valence-electron chi connectivity index (χ4n) is 2.91. The van der Waals surface area contributed by atoms with Gasteiger partial charge in [0.1, 0.15) is 0 Å². The summed E-state index contributed by atoms with van der Waals surface area (Å²) in [5.74, 6) is 1.57. The van der Waals surface area contributed by atoms with Gasteiger partial charge in [0.25, 0.3) is 0 Å². The third-order valence-electron chi connectivity index (χ3n) is 4.13. The van der Waals surface area contributed by atoms with E-state index in [-0.39, 0.29) is 0 Å². The Morgan fingerprint density at radius 2 is 2.14 bits per heavy atom. The highest BCUT2D eigenvalue weighted by atomic mass is 16.5. The molecule has 1 atom stereocenters. The summed E-state index contributed by atoms with van der Waals surface area (Å²) in [5.41, 5.74) is 0. The lowest BCUT2D eigenvalue weighted by Gasteiger charge is -2.16. The van der Waals surface area contributed by atoms with Crippen molar-refractivity contribution in [1.82, 2.24) is 10.6 Å². The average molecular weight is 297 g/mol. The molecular formula is C16H31N3O2. The normalized spacial score (nSPS) is 23.7. The molecule has 0 spiro atoms. The lowest BCUT2D eigenvalue weighted by Crippen LogP contribution is -2.42. The number of ether oxygens (including phenoxy) is 2. The number of rotatable bonds is 8. The van der Waals surface area contributed by atoms with Gasteiger partial charge < -0.3 is 20.1 Å². The molecule has 1 saturated heterocycles. The standard InChI is InChI=1S/C16H31N3O2/c1-2-17-16(19-15-6-3-4-7-15)18-9-5-10-20-12-14-8-11-21-13-14/h14-15H,2-13H2,1H3,(H2,17,18,19). The molecule has 0 amide bonds. The van der Waals surface area contributed by atoms with E-state index in [1.807, 2.05) is 0 Å². The summed E-state index contributed by atoms with van der Waals surface area (Å²) in [5, 5.41) is 6.86. The fourth-order valence-corrected chi connectivity index (χ4v) is 2.91. The summed E-state index contributed by atoms with van der Waals surface area (Å²) < 4.78 is 11.0. The van der Waals surface area contributed by atoms with E-state index in [9.17, 15) is 0 Å². The molecule has 1 aliphatic carbocycles. The Morgan fingerprint density at radius 3 is 2.86 bits per heavy atom. The van der Waals surface area contributed by atoms with Crippen LogP contribution in [-0.2, 0) is 9.47 Å². The number of nitrogens with zero attached hydrogens (tertiary/aromatic N) is 1. The van der Waals surface area contributed by atoms with Crippen molar-refractivity contribution in [1.29, 1.82) is 0 Å². The first-order valence-corrected chi connectivity index (χ1v) is 8.59. The Hall–Kier alpha value is -0.810. The molecule has 2 N–H and O–H groups in total. The van der Waals surface area contributed by atoms with Gasteiger partial charge in [-0.2, -0.15) is 0 Å². The van der Waals surface area contributed by atoms with Crippen LogP contribution in [0.25, 0.3) is 0 Å². The van der Waals surface area contributed by atoms with Crippen LogP contribution in [-0.4, -0.2) is 51.5 Å². The van der Waals surface area contributed by atoms with E-state index in [1.165, 1.54) is 25.7 Å². The Morgan fingerprint density at radius 1 is 1.29 bits per heavy atom. The van der Waals surface area contributed by atoms with Gasteiger partial charge in [0.15, 0.2) is 5.96 Å². The fraction of sp³-hybridized carbons (Fsp3) is 0.938. The first-order chi connectivity index (χ1) is 10.4. The molecule has 2 aliphatic rings. The number of nitrogens with one attached hydrogen (secondary N) is 2. The van der Waals surface area contributed by atoms with Crippen molar-refractivity contribution >= 4 is 5.96 Å². The zero-order valence-corrected chi connectivity index (χ0v) is 13.4. The van der Waals surface area contributed by atoms with E-state index in [1.54, 1.807) is 0 Å². The van der Waals surface area contributed by atoms with Crippen LogP contribution < -0.4 is 10.6 Å². The van der Waals surface area contributed by atoms with Crippen LogP contribution in [0.1, 0.15) is 45.4 Å². The van der Waals surface area contributed by atoms with Gasteiger partial charge in [-0.15, -0.1) is 0 Å². The summed E-state index contributed by atoms with van der Waals surface area (Å²) in [6.45, 7) is 7.25. The second-order valence-corrected chi connectivity index (χ2v) is 6.04. The van der Waals surface area contributed by atoms with Gasteiger partial charge in [0, 0.05) is 38.3 Å². The molecule has 122 valence electrons. The van der Waals surface area contributed by atoms with Crippen molar-refractivity contribution in [3.8, 4) is 0 Å². The van der Waals surface area contributed by atoms with Crippen LogP contribution in [0, 0.1) is 5.92 Å². The van der Waals surface area contributed by atoms with E-state index in [0.717, 1.165) is 58.3 Å². The van der Waals surface area contributed by atoms with Gasteiger partial charge in [-0.1, -0.05) is 12.8 Å². The number of hydrogen-bond donors (Lipinski definition) is 2. The largest absolute Gasteiger partial charge is 0.381 e. The molecule has 2 rings (SSSR count). The predicted molar refractivity (Wildman–Crippen MR) is 85.7 cm³/mol. The maximum absolute atomic E-state index is 5.70. The molecule has 2 fully saturated rings. The lowest BCUT2D eigenvalue weighted by atomic mass is 10.1. The van der Waals surface area contributed by atoms with E-state index >= 15 is 0 Å². The van der Waals surface area contributed by atoms with Gasteiger partial charge in [-0.25, -0.2) is 0 Å². The third kappa shape index (κ3) is 6.66. The zero-order chi connectivity index (χ0) is 14.8. The summed E-state index contributed by atoms with van der Waals surface area (Å²) >= 11 is 0. The van der Waals surface area contributed by atoms with Crippen molar-refractivity contribution < 1.29 is 9.47 Å². The first-order valence-electron chi connectivity index (χ1n) is 8.59. The van der Waals surface area contributed by atoms with Crippen molar-refractivity contribution in [2.75, 3.05) is 39.5 Å². The molecule has 1 aliphatic heterocycles. The van der Waals surface area contributed by atoms with E-state index in [4.69, 9.17) is 9.47 Å². The van der Waals surface area contributed by atoms with Crippen molar-refractivity contribution in [2.45, 2.75) is 51.5 Å². The summed E-state index contributed by atoms with van der Waals surface area (Å²) in [4.78, 5) is 4.64. The van der Waals surface area contributed by atoms with E-state index in [2.05, 4.69) is 22.5 Å². The molecule has 5 heteroatoms. The minimum atomic E-state index is 0.606. The molecule has 1 heterocycles. The first kappa shape index (κ1) is 16.6. The van der Waals surface area contributed by atoms with E-state index < -0.39 is 0 Å². The van der Waals surface area contributed by atoms with Crippen LogP contribution >= 0.6 is 0 Å². The highest BCUT2D eigenvalue weighted by Crippen LogP contribution is 2.17. The highest BCUT2D eigenvalue weighted by molar-refractivity contribution is 5.80. The Balaban J connectivity index is 1.55. The van der Waals surface area contributed by atoms with Crippen molar-refractivity contribution in [2.24, 2.45) is 10.9 Å². The van der Waals surface area contributed by atoms with Gasteiger partial charge in [0.2, 0.25) is 0 Å². The topological polar surface area (TPSA) is 54.9 Å². The summed E-state index contributed by atoms with van der Waals surface area (Å²) in [7, 11) is 0. The van der Waals surface area contributed by atoms with E-state index in [0.29, 0.717) is 12.0 Å². The molecule has 0 aromatic heterocycles. The second-order valence-electron chi connectivity index (χ2n) is 6.04. The monoisotopic (exact) mass is 297 g/mol. The molecule has 0 radical (unpaired) electrons. The lowest BCUT2D eigenvalue weighted by molar-refractivity contribution is 0.0893. The second kappa shape index (κ2) is 10.0. The zero-order valence-electron chi connectivity index (χ0n) is 13.4. The van der Waals surface area contributed by atoms with Gasteiger partial charge in [-0.3, -0.25) is 4.99 Å². The van der Waals surface area contributed by atoms with Crippen LogP contribution in [0.3, 0.4) is 0 Å². The Bertz CT molecular complexity index is 298. The molecule has 5 nitrogen and oxygen atoms in total. The van der Waals surface area contributed by atoms with Crippen LogP contribution in [0.2, 0.25) is 0 Å². The number of guanidine groups is 1. The quantitative estimate of drug-likeness (QED) is 0.408. The summed E-state index contributed by atoms with van der Waals surface area (Å²) in [6.07, 6.45) is 7.36. The smallest absolute Gasteiger partial charge is 0.191 e. The molecule has 0 bridgehead atoms. The average Bonchev–Trinajstić information content (AvgIpc) is 3.16. The maximum Gasteiger partial charge on any atom is 0.191 e. The minimum absolute atomic E-state index is 0.606. The Labute approximate surface area is 128 Å². The molecule has 0 aromatic rings. The number of aliphatic imine (C=N–C) groups is 1. The minimum Gasteiger partial charge on any atom is -0.381 e. The summed E-state index contributed by atoms with van der Waals surface area (Å²) in [6, 6.07) is 0.612. The van der Waals surface area contributed by atoms with Crippen LogP contribution in [0.4, 0.5) is 0 Å². The number of hydrogen-bond acceptors (Lipinski definition) is 3. The molecule has 1 saturated carbocycles. The van der Waals surface area contributed by atoms with Crippen molar-refractivity contribution in [3.63, 3.8) is 0 Å². The molecule has 1 unspecified atom stereocenters.